The van der Waals surface area contributed by atoms with Crippen LogP contribution in [0.15, 0.2) is 6.07 Å². The minimum Gasteiger partial charge on any atom is -0.357 e. The molecule has 0 saturated carbocycles. The molecular weight excluding hydrogens is 286 g/mol. The van der Waals surface area contributed by atoms with Gasteiger partial charge in [-0.05, 0) is 30.9 Å². The van der Waals surface area contributed by atoms with E-state index in [1.165, 1.54) is 45.9 Å². The molecule has 3 rings (SSSR count). The second-order valence-electron chi connectivity index (χ2n) is 4.12. The van der Waals surface area contributed by atoms with Crippen LogP contribution in [0.1, 0.15) is 26.6 Å². The number of nitriles is 1. The van der Waals surface area contributed by atoms with Crippen LogP contribution in [-0.2, 0) is 19.4 Å². The van der Waals surface area contributed by atoms with Crippen molar-refractivity contribution in [2.75, 3.05) is 5.32 Å². The quantitative estimate of drug-likeness (QED) is 0.936. The summed E-state index contributed by atoms with van der Waals surface area (Å²) < 4.78 is 0. The second-order valence-corrected chi connectivity index (χ2v) is 6.70. The first-order valence-corrected chi connectivity index (χ1v) is 7.68. The van der Waals surface area contributed by atoms with Gasteiger partial charge in [-0.15, -0.1) is 11.3 Å². The highest BCUT2D eigenvalue weighted by atomic mass is 35.5. The van der Waals surface area contributed by atoms with E-state index in [0.29, 0.717) is 15.2 Å². The van der Waals surface area contributed by atoms with Gasteiger partial charge in [-0.1, -0.05) is 22.9 Å². The van der Waals surface area contributed by atoms with Crippen LogP contribution in [0.25, 0.3) is 0 Å². The number of thiophene rings is 1. The van der Waals surface area contributed by atoms with Gasteiger partial charge in [0.05, 0.1) is 6.54 Å². The Kier molecular flexibility index (Phi) is 3.25. The molecule has 0 aliphatic heterocycles. The van der Waals surface area contributed by atoms with E-state index < -0.39 is 0 Å². The molecule has 0 unspecified atom stereocenters. The fraction of sp³-hybridized carbons (Fsp3) is 0.333. The summed E-state index contributed by atoms with van der Waals surface area (Å²) in [5.41, 5.74) is 1.51. The summed E-state index contributed by atoms with van der Waals surface area (Å²) in [4.78, 5) is 7.43. The van der Waals surface area contributed by atoms with E-state index in [1.807, 2.05) is 17.4 Å². The van der Waals surface area contributed by atoms with Gasteiger partial charge in [-0.25, -0.2) is 4.98 Å². The minimum absolute atomic E-state index is 0.290. The third-order valence-corrected chi connectivity index (χ3v) is 5.44. The van der Waals surface area contributed by atoms with Crippen molar-refractivity contribution in [2.45, 2.75) is 25.8 Å². The number of halogens is 1. The lowest BCUT2D eigenvalue weighted by atomic mass is 10.2. The first-order chi connectivity index (χ1) is 8.76. The lowest BCUT2D eigenvalue weighted by Crippen LogP contribution is -1.96. The van der Waals surface area contributed by atoms with Gasteiger partial charge in [0.25, 0.3) is 0 Å². The van der Waals surface area contributed by atoms with Gasteiger partial charge in [0.15, 0.2) is 10.3 Å². The van der Waals surface area contributed by atoms with E-state index in [9.17, 15) is 0 Å². The highest BCUT2D eigenvalue weighted by Crippen LogP contribution is 2.32. The molecule has 0 amide bonds. The van der Waals surface area contributed by atoms with E-state index in [0.717, 1.165) is 6.54 Å². The van der Waals surface area contributed by atoms with Crippen LogP contribution < -0.4 is 5.32 Å². The summed E-state index contributed by atoms with van der Waals surface area (Å²) in [6.45, 7) is 0.756. The van der Waals surface area contributed by atoms with Gasteiger partial charge < -0.3 is 5.32 Å². The largest absolute Gasteiger partial charge is 0.357 e. The number of anilines is 1. The van der Waals surface area contributed by atoms with Crippen LogP contribution in [0.5, 0.6) is 0 Å². The Morgan fingerprint density at radius 1 is 1.44 bits per heavy atom. The zero-order valence-electron chi connectivity index (χ0n) is 9.49. The maximum atomic E-state index is 8.81. The van der Waals surface area contributed by atoms with Crippen LogP contribution in [0.3, 0.4) is 0 Å². The lowest BCUT2D eigenvalue weighted by molar-refractivity contribution is 0.913. The summed E-state index contributed by atoms with van der Waals surface area (Å²) in [6.07, 6.45) is 3.73. The molecule has 6 heteroatoms. The van der Waals surface area contributed by atoms with Crippen molar-refractivity contribution in [2.24, 2.45) is 0 Å². The van der Waals surface area contributed by atoms with Crippen molar-refractivity contribution < 1.29 is 0 Å². The molecule has 0 aromatic carbocycles. The molecule has 1 aliphatic carbocycles. The smallest absolute Gasteiger partial charge is 0.185 e. The number of aryl methyl sites for hydroxylation is 2. The topological polar surface area (TPSA) is 48.7 Å². The number of aromatic nitrogens is 1. The number of nitrogens with zero attached hydrogens (tertiary/aromatic N) is 2. The average molecular weight is 296 g/mol. The van der Waals surface area contributed by atoms with Crippen molar-refractivity contribution in [3.63, 3.8) is 0 Å². The molecule has 0 radical (unpaired) electrons. The first kappa shape index (κ1) is 12.0. The fourth-order valence-corrected chi connectivity index (χ4v) is 4.23. The van der Waals surface area contributed by atoms with Crippen LogP contribution in [-0.4, -0.2) is 4.98 Å². The SMILES string of the molecule is N#Cc1sc(NCc2cc3c(s2)CCC3)nc1Cl. The summed E-state index contributed by atoms with van der Waals surface area (Å²) in [7, 11) is 0. The molecule has 2 aromatic rings. The standard InChI is InChI=1S/C12H10ClN3S2/c13-11-10(5-14)18-12(16-11)15-6-8-4-7-2-1-3-9(7)17-8/h4H,1-3,6H2,(H,15,16). The Balaban J connectivity index is 1.68. The minimum atomic E-state index is 0.290. The van der Waals surface area contributed by atoms with Crippen molar-refractivity contribution >= 4 is 39.4 Å². The number of thiazole rings is 1. The van der Waals surface area contributed by atoms with Crippen LogP contribution in [0.4, 0.5) is 5.13 Å². The van der Waals surface area contributed by atoms with Crippen molar-refractivity contribution in [1.82, 2.24) is 4.98 Å². The predicted octanol–water partition coefficient (Wildman–Crippen LogP) is 3.83. The molecule has 0 spiro atoms. The molecule has 18 heavy (non-hydrogen) atoms. The van der Waals surface area contributed by atoms with Crippen molar-refractivity contribution in [3.8, 4) is 6.07 Å². The third-order valence-electron chi connectivity index (χ3n) is 2.90. The molecular formula is C12H10ClN3S2. The molecule has 3 nitrogen and oxygen atoms in total. The highest BCUT2D eigenvalue weighted by molar-refractivity contribution is 7.16. The molecule has 0 saturated heterocycles. The van der Waals surface area contributed by atoms with Gasteiger partial charge >= 0.3 is 0 Å². The Labute approximate surface area is 118 Å². The van der Waals surface area contributed by atoms with Crippen LogP contribution >= 0.6 is 34.3 Å². The first-order valence-electron chi connectivity index (χ1n) is 5.67. The Morgan fingerprint density at radius 2 is 2.33 bits per heavy atom. The second kappa shape index (κ2) is 4.88. The van der Waals surface area contributed by atoms with E-state index >= 15 is 0 Å². The zero-order valence-corrected chi connectivity index (χ0v) is 11.9. The summed E-state index contributed by atoms with van der Waals surface area (Å²) >= 11 is 9.00. The summed E-state index contributed by atoms with van der Waals surface area (Å²) in [5.74, 6) is 0. The highest BCUT2D eigenvalue weighted by Gasteiger charge is 2.15. The third kappa shape index (κ3) is 2.24. The van der Waals surface area contributed by atoms with Gasteiger partial charge in [-0.3, -0.25) is 0 Å². The molecule has 2 heterocycles. The number of hydrogen-bond acceptors (Lipinski definition) is 5. The van der Waals surface area contributed by atoms with Crippen LogP contribution in [0, 0.1) is 11.3 Å². The van der Waals surface area contributed by atoms with Crippen LogP contribution in [0.2, 0.25) is 5.15 Å². The normalized spacial score (nSPS) is 13.3. The van der Waals surface area contributed by atoms with E-state index in [1.54, 1.807) is 0 Å². The fourth-order valence-electron chi connectivity index (χ4n) is 2.09. The molecule has 1 N–H and O–H groups in total. The number of nitrogens with one attached hydrogen (secondary N) is 1. The Bertz CT molecular complexity index is 602. The molecule has 0 atom stereocenters. The van der Waals surface area contributed by atoms with E-state index in [-0.39, 0.29) is 0 Å². The molecule has 0 fully saturated rings. The van der Waals surface area contributed by atoms with Crippen molar-refractivity contribution in [1.29, 1.82) is 5.26 Å². The maximum absolute atomic E-state index is 8.81. The Morgan fingerprint density at radius 3 is 3.06 bits per heavy atom. The predicted molar refractivity (Wildman–Crippen MR) is 75.5 cm³/mol. The van der Waals surface area contributed by atoms with Crippen molar-refractivity contribution in [3.05, 3.63) is 31.4 Å². The van der Waals surface area contributed by atoms with Gasteiger partial charge in [0.2, 0.25) is 0 Å². The van der Waals surface area contributed by atoms with E-state index in [2.05, 4.69) is 16.4 Å². The number of fused-ring (bicyclic) bond motifs is 1. The number of rotatable bonds is 3. The molecule has 92 valence electrons. The average Bonchev–Trinajstić information content (AvgIpc) is 2.99. The monoisotopic (exact) mass is 295 g/mol. The summed E-state index contributed by atoms with van der Waals surface area (Å²) in [6, 6.07) is 4.31. The zero-order chi connectivity index (χ0) is 12.5. The number of hydrogen-bond donors (Lipinski definition) is 1. The van der Waals surface area contributed by atoms with Gasteiger partial charge in [0.1, 0.15) is 10.9 Å². The van der Waals surface area contributed by atoms with Gasteiger partial charge in [-0.2, -0.15) is 5.26 Å². The lowest BCUT2D eigenvalue weighted by Gasteiger charge is -1.99. The summed E-state index contributed by atoms with van der Waals surface area (Å²) in [5, 5.41) is 13.0. The van der Waals surface area contributed by atoms with Gasteiger partial charge in [0, 0.05) is 9.75 Å². The maximum Gasteiger partial charge on any atom is 0.185 e. The molecule has 1 aliphatic rings. The molecule has 2 aromatic heterocycles. The molecule has 0 bridgehead atoms. The Hall–Kier alpha value is -1.09. The van der Waals surface area contributed by atoms with E-state index in [4.69, 9.17) is 16.9 Å².